The summed E-state index contributed by atoms with van der Waals surface area (Å²) in [4.78, 5) is 2.66. The molecule has 0 radical (unpaired) electrons. The van der Waals surface area contributed by atoms with Gasteiger partial charge in [-0.1, -0.05) is 152 Å². The quantitative estimate of drug-likeness (QED) is 0.171. The predicted octanol–water partition coefficient (Wildman–Crippen LogP) is 13.0. The summed E-state index contributed by atoms with van der Waals surface area (Å²) < 4.78 is 2.48. The number of aromatic nitrogens is 1. The number of anilines is 1. The smallest absolute Gasteiger partial charge is 0.0698 e. The molecule has 10 rings (SSSR count). The van der Waals surface area contributed by atoms with Crippen LogP contribution in [0, 0.1) is 0 Å². The molecule has 0 fully saturated rings. The van der Waals surface area contributed by atoms with Gasteiger partial charge in [0.15, 0.2) is 0 Å². The van der Waals surface area contributed by atoms with Crippen LogP contribution in [-0.4, -0.2) is 4.57 Å². The number of fused-ring (bicyclic) bond motifs is 4. The fourth-order valence-corrected chi connectivity index (χ4v) is 9.05. The van der Waals surface area contributed by atoms with Crippen LogP contribution in [0.1, 0.15) is 54.3 Å². The molecule has 2 atom stereocenters. The Morgan fingerprint density at radius 3 is 1.58 bits per heavy atom. The van der Waals surface area contributed by atoms with Crippen LogP contribution in [-0.2, 0) is 0 Å². The van der Waals surface area contributed by atoms with E-state index in [4.69, 9.17) is 0 Å². The van der Waals surface area contributed by atoms with Crippen LogP contribution < -0.4 is 4.90 Å². The minimum Gasteiger partial charge on any atom is -0.336 e. The van der Waals surface area contributed by atoms with E-state index < -0.39 is 0 Å². The maximum Gasteiger partial charge on any atom is 0.0698 e. The van der Waals surface area contributed by atoms with Gasteiger partial charge in [0.05, 0.1) is 17.1 Å². The SMILES string of the molecule is C1=C(C2=CC=C(n3c4ccccc4c4ccccc43)CC2)CCC(N2c3ccccc3C(c3ccc(-c4ccccc4)cc3)C2c2ccccc2)=C1. The number of benzene rings is 6. The Kier molecular flexibility index (Phi) is 7.61. The second kappa shape index (κ2) is 12.9. The zero-order valence-electron chi connectivity index (χ0n) is 29.2. The lowest BCUT2D eigenvalue weighted by atomic mass is 9.83. The van der Waals surface area contributed by atoms with Gasteiger partial charge in [-0.05, 0) is 95.0 Å². The van der Waals surface area contributed by atoms with E-state index in [1.807, 2.05) is 0 Å². The molecule has 1 aromatic heterocycles. The molecule has 250 valence electrons. The first-order valence-corrected chi connectivity index (χ1v) is 18.7. The van der Waals surface area contributed by atoms with Crippen molar-refractivity contribution < 1.29 is 0 Å². The van der Waals surface area contributed by atoms with E-state index in [0.717, 1.165) is 25.7 Å². The lowest BCUT2D eigenvalue weighted by Gasteiger charge is -2.34. The average Bonchev–Trinajstić information content (AvgIpc) is 3.75. The van der Waals surface area contributed by atoms with Crippen molar-refractivity contribution in [3.05, 3.63) is 216 Å². The van der Waals surface area contributed by atoms with E-state index in [0.29, 0.717) is 0 Å². The average molecular weight is 669 g/mol. The van der Waals surface area contributed by atoms with Gasteiger partial charge in [-0.3, -0.25) is 0 Å². The molecule has 3 aliphatic rings. The maximum absolute atomic E-state index is 2.66. The Morgan fingerprint density at radius 1 is 0.404 bits per heavy atom. The molecule has 2 heterocycles. The summed E-state index contributed by atoms with van der Waals surface area (Å²) in [6.45, 7) is 0. The minimum absolute atomic E-state index is 0.174. The molecule has 2 heteroatoms. The summed E-state index contributed by atoms with van der Waals surface area (Å²) in [5.41, 5.74) is 16.2. The van der Waals surface area contributed by atoms with Gasteiger partial charge in [0.1, 0.15) is 0 Å². The van der Waals surface area contributed by atoms with Crippen molar-refractivity contribution in [1.29, 1.82) is 0 Å². The normalized spacial score (nSPS) is 18.5. The minimum atomic E-state index is 0.174. The number of para-hydroxylation sites is 3. The van der Waals surface area contributed by atoms with Crippen LogP contribution in [0.15, 0.2) is 199 Å². The summed E-state index contributed by atoms with van der Waals surface area (Å²) in [7, 11) is 0. The molecule has 2 nitrogen and oxygen atoms in total. The van der Waals surface area contributed by atoms with Crippen LogP contribution in [0.5, 0.6) is 0 Å². The Labute approximate surface area is 306 Å². The molecule has 0 spiro atoms. The van der Waals surface area contributed by atoms with E-state index in [9.17, 15) is 0 Å². The van der Waals surface area contributed by atoms with E-state index in [-0.39, 0.29) is 12.0 Å². The van der Waals surface area contributed by atoms with Crippen molar-refractivity contribution in [2.75, 3.05) is 4.90 Å². The molecule has 0 amide bonds. The summed E-state index contributed by atoms with van der Waals surface area (Å²) >= 11 is 0. The second-order valence-corrected chi connectivity index (χ2v) is 14.3. The highest BCUT2D eigenvalue weighted by atomic mass is 15.2. The molecule has 0 saturated heterocycles. The van der Waals surface area contributed by atoms with Crippen LogP contribution in [0.4, 0.5) is 5.69 Å². The van der Waals surface area contributed by atoms with Gasteiger partial charge in [-0.25, -0.2) is 0 Å². The molecular weight excluding hydrogens is 629 g/mol. The summed E-state index contributed by atoms with van der Waals surface area (Å²) in [5.74, 6) is 0.222. The number of nitrogens with zero attached hydrogens (tertiary/aromatic N) is 2. The van der Waals surface area contributed by atoms with Crippen molar-refractivity contribution >= 4 is 33.2 Å². The standard InChI is InChI=1S/C50H40N2/c1-3-13-35(14-4-1)36-23-25-39(26-24-36)49-45-19-9-12-22-48(45)52(50(49)40-15-5-2-6-16-40)42-33-29-38(30-34-42)37-27-31-41(32-28-37)51-46-20-10-7-17-43(46)44-18-8-11-21-47(44)51/h1-27,29,31,33,49-50H,28,30,32,34H2. The molecule has 0 saturated carbocycles. The van der Waals surface area contributed by atoms with Crippen molar-refractivity contribution in [3.63, 3.8) is 0 Å². The predicted molar refractivity (Wildman–Crippen MR) is 218 cm³/mol. The Hall–Kier alpha value is -6.12. The topological polar surface area (TPSA) is 8.17 Å². The number of allylic oxidation sites excluding steroid dienone is 8. The van der Waals surface area contributed by atoms with E-state index >= 15 is 0 Å². The van der Waals surface area contributed by atoms with Crippen molar-refractivity contribution in [2.24, 2.45) is 0 Å². The molecule has 0 bridgehead atoms. The first-order valence-electron chi connectivity index (χ1n) is 18.7. The first kappa shape index (κ1) is 30.7. The van der Waals surface area contributed by atoms with E-state index in [1.165, 1.54) is 77.9 Å². The fraction of sp³-hybridized carbons (Fsp3) is 0.120. The van der Waals surface area contributed by atoms with Crippen LogP contribution in [0.2, 0.25) is 0 Å². The molecule has 7 aromatic rings. The molecule has 2 aliphatic carbocycles. The highest BCUT2D eigenvalue weighted by Crippen LogP contribution is 2.54. The second-order valence-electron chi connectivity index (χ2n) is 14.3. The van der Waals surface area contributed by atoms with Gasteiger partial charge in [0.25, 0.3) is 0 Å². The van der Waals surface area contributed by atoms with Gasteiger partial charge >= 0.3 is 0 Å². The van der Waals surface area contributed by atoms with Gasteiger partial charge in [-0.15, -0.1) is 0 Å². The third-order valence-corrected chi connectivity index (χ3v) is 11.5. The Bertz CT molecular complexity index is 2510. The summed E-state index contributed by atoms with van der Waals surface area (Å²) in [6.07, 6.45) is 13.7. The van der Waals surface area contributed by atoms with E-state index in [2.05, 4.69) is 191 Å². The van der Waals surface area contributed by atoms with E-state index in [1.54, 1.807) is 0 Å². The van der Waals surface area contributed by atoms with Crippen LogP contribution >= 0.6 is 0 Å². The Morgan fingerprint density at radius 2 is 0.942 bits per heavy atom. The van der Waals surface area contributed by atoms with Gasteiger partial charge in [-0.2, -0.15) is 0 Å². The molecular formula is C50H40N2. The van der Waals surface area contributed by atoms with Crippen molar-refractivity contribution in [3.8, 4) is 11.1 Å². The molecule has 0 N–H and O–H groups in total. The van der Waals surface area contributed by atoms with Crippen molar-refractivity contribution in [2.45, 2.75) is 37.6 Å². The molecule has 2 unspecified atom stereocenters. The number of hydrogen-bond donors (Lipinski definition) is 0. The van der Waals surface area contributed by atoms with Gasteiger partial charge in [0, 0.05) is 33.8 Å². The fourth-order valence-electron chi connectivity index (χ4n) is 9.05. The van der Waals surface area contributed by atoms with Crippen LogP contribution in [0.25, 0.3) is 38.6 Å². The highest BCUT2D eigenvalue weighted by Gasteiger charge is 2.41. The zero-order chi connectivity index (χ0) is 34.4. The maximum atomic E-state index is 2.66. The largest absolute Gasteiger partial charge is 0.336 e. The third kappa shape index (κ3) is 5.17. The van der Waals surface area contributed by atoms with Crippen LogP contribution in [0.3, 0.4) is 0 Å². The number of rotatable bonds is 6. The van der Waals surface area contributed by atoms with Gasteiger partial charge < -0.3 is 9.47 Å². The summed E-state index contributed by atoms with van der Waals surface area (Å²) in [5, 5.41) is 2.65. The highest BCUT2D eigenvalue weighted by molar-refractivity contribution is 6.10. The lowest BCUT2D eigenvalue weighted by Crippen LogP contribution is -2.27. The molecule has 52 heavy (non-hydrogen) atoms. The van der Waals surface area contributed by atoms with Crippen molar-refractivity contribution in [1.82, 2.24) is 4.57 Å². The molecule has 6 aromatic carbocycles. The first-order chi connectivity index (χ1) is 25.8. The lowest BCUT2D eigenvalue weighted by molar-refractivity contribution is 0.624. The zero-order valence-corrected chi connectivity index (χ0v) is 29.2. The summed E-state index contributed by atoms with van der Waals surface area (Å²) in [6, 6.07) is 58.0. The Balaban J connectivity index is 0.998. The van der Waals surface area contributed by atoms with Gasteiger partial charge in [0.2, 0.25) is 0 Å². The third-order valence-electron chi connectivity index (χ3n) is 11.5. The molecule has 1 aliphatic heterocycles. The number of hydrogen-bond acceptors (Lipinski definition) is 1. The monoisotopic (exact) mass is 668 g/mol.